The summed E-state index contributed by atoms with van der Waals surface area (Å²) in [5.41, 5.74) is 0.892. The van der Waals surface area contributed by atoms with E-state index in [1.54, 1.807) is 11.2 Å². The zero-order valence-corrected chi connectivity index (χ0v) is 15.8. The minimum atomic E-state index is -0.220. The van der Waals surface area contributed by atoms with Gasteiger partial charge in [0.2, 0.25) is 11.7 Å². The molecule has 3 heterocycles. The van der Waals surface area contributed by atoms with Crippen molar-refractivity contribution in [3.63, 3.8) is 0 Å². The predicted octanol–water partition coefficient (Wildman–Crippen LogP) is 2.78. The van der Waals surface area contributed by atoms with E-state index in [4.69, 9.17) is 4.52 Å². The van der Waals surface area contributed by atoms with Crippen molar-refractivity contribution < 1.29 is 9.32 Å². The molecule has 2 amide bonds. The van der Waals surface area contributed by atoms with Gasteiger partial charge in [0.05, 0.1) is 6.54 Å². The molecular weight excluding hydrogens is 358 g/mol. The third kappa shape index (κ3) is 3.73. The van der Waals surface area contributed by atoms with Crippen molar-refractivity contribution in [3.05, 3.63) is 48.4 Å². The topological polar surface area (TPSA) is 102 Å². The molecule has 28 heavy (non-hydrogen) atoms. The van der Waals surface area contributed by atoms with E-state index in [9.17, 15) is 4.79 Å². The lowest BCUT2D eigenvalue weighted by Gasteiger charge is -2.33. The Hall–Kier alpha value is -3.23. The van der Waals surface area contributed by atoms with Crippen molar-refractivity contribution in [2.24, 2.45) is 0 Å². The zero-order chi connectivity index (χ0) is 19.3. The minimum absolute atomic E-state index is 0.158. The van der Waals surface area contributed by atoms with Crippen LogP contribution in [0.2, 0.25) is 0 Å². The number of rotatable bonds is 5. The molecule has 0 spiro atoms. The maximum Gasteiger partial charge on any atom is 0.318 e. The van der Waals surface area contributed by atoms with Gasteiger partial charge in [-0.15, -0.1) is 10.2 Å². The van der Waals surface area contributed by atoms with Crippen LogP contribution < -0.4 is 5.32 Å². The van der Waals surface area contributed by atoms with Gasteiger partial charge in [-0.2, -0.15) is 4.98 Å². The molecule has 1 unspecified atom stereocenters. The molecular formula is C19H23N7O2. The lowest BCUT2D eigenvalue weighted by molar-refractivity contribution is 0.131. The number of hydrogen-bond acceptors (Lipinski definition) is 6. The second-order valence-electron chi connectivity index (χ2n) is 6.72. The first kappa shape index (κ1) is 18.1. The number of nitrogens with zero attached hydrogens (tertiary/aromatic N) is 6. The molecule has 1 N–H and O–H groups in total. The molecule has 1 aliphatic heterocycles. The molecule has 0 bridgehead atoms. The quantitative estimate of drug-likeness (QED) is 0.729. The molecule has 9 heteroatoms. The standard InChI is InChI=1S/C19H23N7O2/c1-2-25-13-21-23-16(25)12-20-19(27)26-11-7-6-10-15(26)18-22-17(24-28-18)14-8-4-3-5-9-14/h3-5,8-9,13,15H,2,6-7,10-12H2,1H3,(H,20,27). The normalized spacial score (nSPS) is 16.9. The third-order valence-electron chi connectivity index (χ3n) is 4.96. The van der Waals surface area contributed by atoms with Gasteiger partial charge in [0.1, 0.15) is 12.4 Å². The van der Waals surface area contributed by atoms with E-state index in [0.717, 1.165) is 37.2 Å². The van der Waals surface area contributed by atoms with E-state index in [-0.39, 0.29) is 12.1 Å². The summed E-state index contributed by atoms with van der Waals surface area (Å²) in [5.74, 6) is 1.75. The van der Waals surface area contributed by atoms with Gasteiger partial charge >= 0.3 is 6.03 Å². The molecule has 1 atom stereocenters. The monoisotopic (exact) mass is 381 g/mol. The summed E-state index contributed by atoms with van der Waals surface area (Å²) in [6.07, 6.45) is 4.43. The van der Waals surface area contributed by atoms with E-state index >= 15 is 0 Å². The highest BCUT2D eigenvalue weighted by molar-refractivity contribution is 5.74. The molecule has 0 saturated carbocycles. The summed E-state index contributed by atoms with van der Waals surface area (Å²) >= 11 is 0. The van der Waals surface area contributed by atoms with Crippen LogP contribution in [0.4, 0.5) is 4.79 Å². The Morgan fingerprint density at radius 3 is 2.96 bits per heavy atom. The van der Waals surface area contributed by atoms with Gasteiger partial charge in [0.15, 0.2) is 5.82 Å². The number of piperidine rings is 1. The van der Waals surface area contributed by atoms with Crippen LogP contribution in [-0.4, -0.2) is 42.4 Å². The van der Waals surface area contributed by atoms with Crippen LogP contribution in [0.1, 0.15) is 43.9 Å². The molecule has 0 radical (unpaired) electrons. The maximum absolute atomic E-state index is 12.8. The van der Waals surface area contributed by atoms with E-state index < -0.39 is 0 Å². The van der Waals surface area contributed by atoms with Crippen molar-refractivity contribution in [1.29, 1.82) is 0 Å². The molecule has 3 aromatic rings. The summed E-state index contributed by atoms with van der Waals surface area (Å²) < 4.78 is 7.42. The number of hydrogen-bond donors (Lipinski definition) is 1. The first-order chi connectivity index (χ1) is 13.8. The average Bonchev–Trinajstić information content (AvgIpc) is 3.42. The first-order valence-electron chi connectivity index (χ1n) is 9.56. The number of carbonyl (C=O) groups is 1. The number of benzene rings is 1. The van der Waals surface area contributed by atoms with E-state index in [0.29, 0.717) is 24.8 Å². The van der Waals surface area contributed by atoms with Crippen LogP contribution >= 0.6 is 0 Å². The van der Waals surface area contributed by atoms with Crippen molar-refractivity contribution in [2.75, 3.05) is 6.54 Å². The van der Waals surface area contributed by atoms with Gasteiger partial charge in [-0.25, -0.2) is 4.79 Å². The lowest BCUT2D eigenvalue weighted by atomic mass is 10.0. The maximum atomic E-state index is 12.8. The number of aromatic nitrogens is 5. The largest absolute Gasteiger partial charge is 0.337 e. The van der Waals surface area contributed by atoms with Crippen LogP contribution in [0.3, 0.4) is 0 Å². The molecule has 2 aromatic heterocycles. The summed E-state index contributed by atoms with van der Waals surface area (Å²) in [6.45, 7) is 3.75. The van der Waals surface area contributed by atoms with Gasteiger partial charge < -0.3 is 19.3 Å². The van der Waals surface area contributed by atoms with E-state index in [1.807, 2.05) is 41.8 Å². The summed E-state index contributed by atoms with van der Waals surface area (Å²) in [6, 6.07) is 9.30. The van der Waals surface area contributed by atoms with Crippen molar-refractivity contribution in [2.45, 2.75) is 45.3 Å². The van der Waals surface area contributed by atoms with Crippen molar-refractivity contribution in [3.8, 4) is 11.4 Å². The van der Waals surface area contributed by atoms with Gasteiger partial charge in [-0.1, -0.05) is 35.5 Å². The molecule has 0 aliphatic carbocycles. The van der Waals surface area contributed by atoms with Crippen LogP contribution in [0.15, 0.2) is 41.2 Å². The summed E-state index contributed by atoms with van der Waals surface area (Å²) in [7, 11) is 0. The third-order valence-corrected chi connectivity index (χ3v) is 4.96. The Morgan fingerprint density at radius 1 is 1.29 bits per heavy atom. The number of aryl methyl sites for hydroxylation is 1. The number of amides is 2. The fourth-order valence-corrected chi connectivity index (χ4v) is 3.44. The molecule has 146 valence electrons. The molecule has 9 nitrogen and oxygen atoms in total. The first-order valence-corrected chi connectivity index (χ1v) is 9.56. The van der Waals surface area contributed by atoms with Gasteiger partial charge in [-0.3, -0.25) is 0 Å². The highest BCUT2D eigenvalue weighted by Gasteiger charge is 2.32. The summed E-state index contributed by atoms with van der Waals surface area (Å²) in [4.78, 5) is 19.1. The van der Waals surface area contributed by atoms with E-state index in [1.165, 1.54) is 0 Å². The minimum Gasteiger partial charge on any atom is -0.337 e. The molecule has 4 rings (SSSR count). The molecule has 1 aromatic carbocycles. The highest BCUT2D eigenvalue weighted by Crippen LogP contribution is 2.31. The van der Waals surface area contributed by atoms with E-state index in [2.05, 4.69) is 25.7 Å². The number of nitrogens with one attached hydrogen (secondary N) is 1. The van der Waals surface area contributed by atoms with Crippen molar-refractivity contribution >= 4 is 6.03 Å². The highest BCUT2D eigenvalue weighted by atomic mass is 16.5. The second kappa shape index (κ2) is 8.20. The number of urea groups is 1. The average molecular weight is 381 g/mol. The second-order valence-corrected chi connectivity index (χ2v) is 6.72. The zero-order valence-electron chi connectivity index (χ0n) is 15.8. The van der Waals surface area contributed by atoms with Crippen LogP contribution in [0.5, 0.6) is 0 Å². The van der Waals surface area contributed by atoms with Gasteiger partial charge in [0, 0.05) is 18.7 Å². The van der Waals surface area contributed by atoms with Gasteiger partial charge in [-0.05, 0) is 26.2 Å². The summed E-state index contributed by atoms with van der Waals surface area (Å²) in [5, 5.41) is 15.0. The Balaban J connectivity index is 1.47. The Morgan fingerprint density at radius 2 is 2.14 bits per heavy atom. The van der Waals surface area contributed by atoms with Crippen LogP contribution in [0, 0.1) is 0 Å². The Kier molecular flexibility index (Phi) is 5.31. The fraction of sp³-hybridized carbons (Fsp3) is 0.421. The van der Waals surface area contributed by atoms with Crippen molar-refractivity contribution in [1.82, 2.24) is 35.1 Å². The van der Waals surface area contributed by atoms with Crippen LogP contribution in [-0.2, 0) is 13.1 Å². The SMILES string of the molecule is CCn1cnnc1CNC(=O)N1CCCCC1c1nc(-c2ccccc2)no1. The Labute approximate surface area is 162 Å². The molecule has 1 saturated heterocycles. The smallest absolute Gasteiger partial charge is 0.318 e. The number of carbonyl (C=O) groups excluding carboxylic acids is 1. The Bertz CT molecular complexity index is 921. The lowest BCUT2D eigenvalue weighted by Crippen LogP contribution is -2.44. The number of likely N-dealkylation sites (tertiary alicyclic amines) is 1. The molecule has 1 aliphatic rings. The molecule has 1 fully saturated rings. The predicted molar refractivity (Wildman–Crippen MR) is 101 cm³/mol. The fourth-order valence-electron chi connectivity index (χ4n) is 3.44. The van der Waals surface area contributed by atoms with Crippen LogP contribution in [0.25, 0.3) is 11.4 Å². The van der Waals surface area contributed by atoms with Gasteiger partial charge in [0.25, 0.3) is 0 Å².